The summed E-state index contributed by atoms with van der Waals surface area (Å²) in [5, 5.41) is 0.711. The third-order valence-electron chi connectivity index (χ3n) is 1.73. The van der Waals surface area contributed by atoms with Gasteiger partial charge in [0.2, 0.25) is 10.3 Å². The second-order valence-electron chi connectivity index (χ2n) is 2.83. The number of rotatable bonds is 4. The standard InChI is InChI=1S/C10H10O3S/c11-10(8-14(12)13)7-6-9-4-2-1-3-5-9/h1-5,8H,6-7H2. The van der Waals surface area contributed by atoms with E-state index in [1.807, 2.05) is 30.3 Å². The molecule has 0 heterocycles. The average molecular weight is 210 g/mol. The van der Waals surface area contributed by atoms with Crippen LogP contribution in [0.15, 0.2) is 30.3 Å². The Hall–Kier alpha value is -1.42. The first-order valence-electron chi connectivity index (χ1n) is 4.18. The van der Waals surface area contributed by atoms with Crippen LogP contribution in [0.2, 0.25) is 0 Å². The van der Waals surface area contributed by atoms with E-state index >= 15 is 0 Å². The highest BCUT2D eigenvalue weighted by molar-refractivity contribution is 7.73. The molecule has 3 nitrogen and oxygen atoms in total. The topological polar surface area (TPSA) is 51.2 Å². The Morgan fingerprint density at radius 2 is 1.86 bits per heavy atom. The predicted octanol–water partition coefficient (Wildman–Crippen LogP) is 0.870. The quantitative estimate of drug-likeness (QED) is 0.693. The summed E-state index contributed by atoms with van der Waals surface area (Å²) in [5.74, 6) is -0.359. The number of benzene rings is 1. The minimum absolute atomic E-state index is 0.234. The van der Waals surface area contributed by atoms with Crippen LogP contribution in [0.3, 0.4) is 0 Å². The van der Waals surface area contributed by atoms with Gasteiger partial charge in [-0.25, -0.2) is 0 Å². The van der Waals surface area contributed by atoms with Gasteiger partial charge in [-0.2, -0.15) is 8.42 Å². The predicted molar refractivity (Wildman–Crippen MR) is 54.8 cm³/mol. The molecule has 4 heteroatoms. The summed E-state index contributed by atoms with van der Waals surface area (Å²) in [6, 6.07) is 9.47. The van der Waals surface area contributed by atoms with Crippen LogP contribution in [0, 0.1) is 0 Å². The molecule has 0 bridgehead atoms. The van der Waals surface area contributed by atoms with Crippen molar-refractivity contribution >= 4 is 21.4 Å². The molecule has 0 aromatic heterocycles. The van der Waals surface area contributed by atoms with Gasteiger partial charge in [0.05, 0.1) is 0 Å². The second kappa shape index (κ2) is 5.34. The summed E-state index contributed by atoms with van der Waals surface area (Å²) in [6.45, 7) is 0. The molecule has 1 aromatic carbocycles. The first-order chi connectivity index (χ1) is 6.68. The molecular formula is C10H10O3S. The third kappa shape index (κ3) is 4.00. The van der Waals surface area contributed by atoms with Gasteiger partial charge < -0.3 is 0 Å². The number of Topliss-reactive ketones (excluding diaryl/α,β-unsaturated/α-hetero) is 1. The minimum Gasteiger partial charge on any atom is -0.294 e. The van der Waals surface area contributed by atoms with E-state index in [1.54, 1.807) is 0 Å². The Morgan fingerprint density at radius 1 is 1.21 bits per heavy atom. The summed E-state index contributed by atoms with van der Waals surface area (Å²) in [4.78, 5) is 11.0. The summed E-state index contributed by atoms with van der Waals surface area (Å²) in [5.41, 5.74) is 1.03. The van der Waals surface area contributed by atoms with Gasteiger partial charge in [-0.15, -0.1) is 0 Å². The highest BCUT2D eigenvalue weighted by Gasteiger charge is 1.99. The molecule has 74 valence electrons. The fourth-order valence-electron chi connectivity index (χ4n) is 1.08. The van der Waals surface area contributed by atoms with Crippen molar-refractivity contribution in [2.75, 3.05) is 0 Å². The largest absolute Gasteiger partial charge is 0.294 e. The molecule has 0 radical (unpaired) electrons. The fourth-order valence-corrected chi connectivity index (χ4v) is 1.41. The Morgan fingerprint density at radius 3 is 2.43 bits per heavy atom. The third-order valence-corrected chi connectivity index (χ3v) is 2.19. The number of hydrogen-bond acceptors (Lipinski definition) is 3. The molecular weight excluding hydrogens is 200 g/mol. The summed E-state index contributed by atoms with van der Waals surface area (Å²) in [7, 11) is -2.38. The van der Waals surface area contributed by atoms with Crippen molar-refractivity contribution in [2.45, 2.75) is 12.8 Å². The van der Waals surface area contributed by atoms with Gasteiger partial charge in [0.25, 0.3) is 0 Å². The van der Waals surface area contributed by atoms with E-state index in [0.717, 1.165) is 5.56 Å². The zero-order valence-corrected chi connectivity index (χ0v) is 8.33. The lowest BCUT2D eigenvalue weighted by Crippen LogP contribution is -2.01. The molecule has 0 saturated heterocycles. The molecule has 1 aromatic rings. The highest BCUT2D eigenvalue weighted by atomic mass is 32.2. The highest BCUT2D eigenvalue weighted by Crippen LogP contribution is 2.01. The van der Waals surface area contributed by atoms with Crippen molar-refractivity contribution < 1.29 is 13.2 Å². The van der Waals surface area contributed by atoms with Crippen LogP contribution in [0.1, 0.15) is 12.0 Å². The molecule has 0 amide bonds. The lowest BCUT2D eigenvalue weighted by molar-refractivity contribution is -0.112. The van der Waals surface area contributed by atoms with Crippen molar-refractivity contribution in [1.82, 2.24) is 0 Å². The molecule has 0 saturated carbocycles. The molecule has 0 aliphatic carbocycles. The Bertz CT molecular complexity index is 424. The van der Waals surface area contributed by atoms with E-state index in [-0.39, 0.29) is 12.2 Å². The summed E-state index contributed by atoms with van der Waals surface area (Å²) in [6.07, 6.45) is 0.811. The lowest BCUT2D eigenvalue weighted by Gasteiger charge is -1.96. The summed E-state index contributed by atoms with van der Waals surface area (Å²) >= 11 is 0. The molecule has 0 spiro atoms. The monoisotopic (exact) mass is 210 g/mol. The van der Waals surface area contributed by atoms with E-state index in [9.17, 15) is 13.2 Å². The van der Waals surface area contributed by atoms with Crippen LogP contribution in [-0.2, 0) is 21.5 Å². The smallest absolute Gasteiger partial charge is 0.217 e. The zero-order chi connectivity index (χ0) is 10.4. The normalized spacial score (nSPS) is 9.43. The molecule has 0 N–H and O–H groups in total. The van der Waals surface area contributed by atoms with Gasteiger partial charge in [-0.1, -0.05) is 30.3 Å². The lowest BCUT2D eigenvalue weighted by atomic mass is 10.1. The fraction of sp³-hybridized carbons (Fsp3) is 0.200. The SMILES string of the molecule is O=C(C=S(=O)=O)CCc1ccccc1. The van der Waals surface area contributed by atoms with Gasteiger partial charge in [-0.3, -0.25) is 4.79 Å². The van der Waals surface area contributed by atoms with Crippen molar-refractivity contribution in [3.63, 3.8) is 0 Å². The molecule has 1 rings (SSSR count). The maximum Gasteiger partial charge on any atom is 0.217 e. The van der Waals surface area contributed by atoms with Crippen LogP contribution < -0.4 is 0 Å². The average Bonchev–Trinajstić information content (AvgIpc) is 2.15. The molecule has 14 heavy (non-hydrogen) atoms. The van der Waals surface area contributed by atoms with E-state index in [4.69, 9.17) is 0 Å². The number of aryl methyl sites for hydroxylation is 1. The van der Waals surface area contributed by atoms with E-state index in [2.05, 4.69) is 0 Å². The number of carbonyl (C=O) groups excluding carboxylic acids is 1. The van der Waals surface area contributed by atoms with Crippen molar-refractivity contribution in [2.24, 2.45) is 0 Å². The van der Waals surface area contributed by atoms with Gasteiger partial charge >= 0.3 is 0 Å². The van der Waals surface area contributed by atoms with E-state index < -0.39 is 10.3 Å². The Kier molecular flexibility index (Phi) is 4.07. The van der Waals surface area contributed by atoms with Crippen molar-refractivity contribution in [1.29, 1.82) is 0 Å². The van der Waals surface area contributed by atoms with Crippen LogP contribution >= 0.6 is 0 Å². The van der Waals surface area contributed by atoms with Gasteiger partial charge in [0.1, 0.15) is 5.37 Å². The van der Waals surface area contributed by atoms with Crippen LogP contribution in [0.4, 0.5) is 0 Å². The molecule has 0 unspecified atom stereocenters. The first-order valence-corrected chi connectivity index (χ1v) is 5.32. The van der Waals surface area contributed by atoms with E-state index in [1.165, 1.54) is 0 Å². The maximum absolute atomic E-state index is 11.0. The molecule has 0 aliphatic rings. The number of carbonyl (C=O) groups is 1. The Balaban J connectivity index is 2.50. The summed E-state index contributed by atoms with van der Waals surface area (Å²) < 4.78 is 20.3. The zero-order valence-electron chi connectivity index (χ0n) is 7.51. The molecule has 0 aliphatic heterocycles. The van der Waals surface area contributed by atoms with Gasteiger partial charge in [0, 0.05) is 6.42 Å². The minimum atomic E-state index is -2.38. The maximum atomic E-state index is 11.0. The number of ketones is 1. The van der Waals surface area contributed by atoms with Crippen LogP contribution in [-0.4, -0.2) is 19.6 Å². The second-order valence-corrected chi connectivity index (χ2v) is 3.59. The van der Waals surface area contributed by atoms with E-state index in [0.29, 0.717) is 11.8 Å². The molecule has 0 fully saturated rings. The number of hydrogen-bond donors (Lipinski definition) is 0. The van der Waals surface area contributed by atoms with Crippen LogP contribution in [0.5, 0.6) is 0 Å². The first kappa shape index (κ1) is 10.7. The molecule has 0 atom stereocenters. The van der Waals surface area contributed by atoms with Gasteiger partial charge in [0.15, 0.2) is 5.78 Å². The van der Waals surface area contributed by atoms with Crippen LogP contribution in [0.25, 0.3) is 0 Å². The van der Waals surface area contributed by atoms with Gasteiger partial charge in [-0.05, 0) is 12.0 Å². The van der Waals surface area contributed by atoms with Crippen molar-refractivity contribution in [3.8, 4) is 0 Å². The van der Waals surface area contributed by atoms with Crippen molar-refractivity contribution in [3.05, 3.63) is 35.9 Å². The Labute approximate surface area is 83.9 Å².